The Hall–Kier alpha value is -0.860. The van der Waals surface area contributed by atoms with Gasteiger partial charge in [-0.25, -0.2) is 0 Å². The first-order valence-corrected chi connectivity index (χ1v) is 6.84. The molecule has 1 saturated carbocycles. The van der Waals surface area contributed by atoms with Crippen LogP contribution >= 0.6 is 0 Å². The van der Waals surface area contributed by atoms with Gasteiger partial charge in [0.25, 0.3) is 0 Å². The van der Waals surface area contributed by atoms with Crippen molar-refractivity contribution in [1.29, 1.82) is 0 Å². The molecule has 2 fully saturated rings. The Morgan fingerprint density at radius 2 is 1.88 bits per heavy atom. The van der Waals surface area contributed by atoms with Gasteiger partial charge in [0, 0.05) is 32.2 Å². The second kappa shape index (κ2) is 6.77. The molecule has 1 saturated heterocycles. The Morgan fingerprint density at radius 3 is 2.47 bits per heavy atom. The number of rotatable bonds is 2. The van der Waals surface area contributed by atoms with Crippen LogP contribution in [0.3, 0.4) is 0 Å². The molecule has 2 aliphatic rings. The van der Waals surface area contributed by atoms with Crippen LogP contribution in [0.15, 0.2) is 30.3 Å². The summed E-state index contributed by atoms with van der Waals surface area (Å²) in [6, 6.07) is 11.3. The molecule has 1 aromatic rings. The second-order valence-electron chi connectivity index (χ2n) is 5.14. The summed E-state index contributed by atoms with van der Waals surface area (Å²) in [5.41, 5.74) is 1.42. The Kier molecular flexibility index (Phi) is 5.02. The molecular weight excluding hydrogens is 208 g/mol. The van der Waals surface area contributed by atoms with Gasteiger partial charge in [-0.3, -0.25) is 4.90 Å². The van der Waals surface area contributed by atoms with Crippen molar-refractivity contribution in [2.24, 2.45) is 0 Å². The lowest BCUT2D eigenvalue weighted by Crippen LogP contribution is -2.48. The largest absolute Gasteiger partial charge is 0.312 e. The SMILES string of the molecule is C1CC1.CC1CN(Cc2ccccc2)CCN1. The average Bonchev–Trinajstić information content (AvgIpc) is 3.18. The lowest BCUT2D eigenvalue weighted by molar-refractivity contribution is 0.199. The molecule has 1 aliphatic carbocycles. The number of piperazine rings is 1. The summed E-state index contributed by atoms with van der Waals surface area (Å²) in [6.07, 6.45) is 4.50. The number of benzene rings is 1. The van der Waals surface area contributed by atoms with Crippen molar-refractivity contribution >= 4 is 0 Å². The molecule has 17 heavy (non-hydrogen) atoms. The van der Waals surface area contributed by atoms with Gasteiger partial charge >= 0.3 is 0 Å². The number of nitrogens with one attached hydrogen (secondary N) is 1. The zero-order chi connectivity index (χ0) is 11.9. The summed E-state index contributed by atoms with van der Waals surface area (Å²) in [7, 11) is 0. The summed E-state index contributed by atoms with van der Waals surface area (Å²) in [6.45, 7) is 6.78. The molecule has 0 radical (unpaired) electrons. The zero-order valence-corrected chi connectivity index (χ0v) is 10.9. The Balaban J connectivity index is 0.000000313. The van der Waals surface area contributed by atoms with Gasteiger partial charge < -0.3 is 5.32 Å². The quantitative estimate of drug-likeness (QED) is 0.843. The van der Waals surface area contributed by atoms with Crippen LogP contribution in [0.25, 0.3) is 0 Å². The van der Waals surface area contributed by atoms with Crippen LogP contribution in [-0.4, -0.2) is 30.6 Å². The molecule has 2 heteroatoms. The second-order valence-corrected chi connectivity index (χ2v) is 5.14. The molecule has 2 nitrogen and oxygen atoms in total. The van der Waals surface area contributed by atoms with E-state index in [9.17, 15) is 0 Å². The first kappa shape index (κ1) is 12.6. The highest BCUT2D eigenvalue weighted by atomic mass is 15.2. The number of nitrogens with zero attached hydrogens (tertiary/aromatic N) is 1. The molecule has 1 atom stereocenters. The van der Waals surface area contributed by atoms with Crippen molar-refractivity contribution in [2.75, 3.05) is 19.6 Å². The predicted octanol–water partition coefficient (Wildman–Crippen LogP) is 2.65. The van der Waals surface area contributed by atoms with Gasteiger partial charge in [0.15, 0.2) is 0 Å². The number of hydrogen-bond donors (Lipinski definition) is 1. The van der Waals surface area contributed by atoms with E-state index in [4.69, 9.17) is 0 Å². The first-order chi connectivity index (χ1) is 8.34. The lowest BCUT2D eigenvalue weighted by atomic mass is 10.2. The van der Waals surface area contributed by atoms with Crippen LogP contribution in [0.5, 0.6) is 0 Å². The molecule has 0 bridgehead atoms. The fraction of sp³-hybridized carbons (Fsp3) is 0.600. The van der Waals surface area contributed by atoms with E-state index in [0.29, 0.717) is 6.04 Å². The van der Waals surface area contributed by atoms with Gasteiger partial charge in [-0.15, -0.1) is 0 Å². The Labute approximate surface area is 105 Å². The fourth-order valence-electron chi connectivity index (χ4n) is 2.00. The molecule has 3 rings (SSSR count). The van der Waals surface area contributed by atoms with E-state index in [1.807, 2.05) is 0 Å². The van der Waals surface area contributed by atoms with Gasteiger partial charge in [0.05, 0.1) is 0 Å². The van der Waals surface area contributed by atoms with E-state index in [1.54, 1.807) is 0 Å². The normalized spacial score (nSPS) is 23.7. The molecule has 1 N–H and O–H groups in total. The van der Waals surface area contributed by atoms with Crippen molar-refractivity contribution in [3.05, 3.63) is 35.9 Å². The third kappa shape index (κ3) is 5.33. The van der Waals surface area contributed by atoms with Crippen molar-refractivity contribution in [3.8, 4) is 0 Å². The smallest absolute Gasteiger partial charge is 0.0234 e. The Bertz CT molecular complexity index is 305. The van der Waals surface area contributed by atoms with E-state index in [2.05, 4.69) is 47.5 Å². The van der Waals surface area contributed by atoms with Crippen LogP contribution in [0.4, 0.5) is 0 Å². The Morgan fingerprint density at radius 1 is 1.18 bits per heavy atom. The van der Waals surface area contributed by atoms with Crippen molar-refractivity contribution in [2.45, 2.75) is 38.8 Å². The molecule has 1 aromatic carbocycles. The first-order valence-electron chi connectivity index (χ1n) is 6.84. The average molecular weight is 232 g/mol. The third-order valence-corrected chi connectivity index (χ3v) is 3.06. The summed E-state index contributed by atoms with van der Waals surface area (Å²) >= 11 is 0. The summed E-state index contributed by atoms with van der Waals surface area (Å²) in [5.74, 6) is 0. The van der Waals surface area contributed by atoms with Gasteiger partial charge in [-0.1, -0.05) is 49.6 Å². The summed E-state index contributed by atoms with van der Waals surface area (Å²) in [5, 5.41) is 3.46. The summed E-state index contributed by atoms with van der Waals surface area (Å²) in [4.78, 5) is 2.51. The van der Waals surface area contributed by atoms with Crippen LogP contribution in [0.1, 0.15) is 31.7 Å². The van der Waals surface area contributed by atoms with Gasteiger partial charge in [0.1, 0.15) is 0 Å². The highest BCUT2D eigenvalue weighted by Crippen LogP contribution is 2.14. The van der Waals surface area contributed by atoms with E-state index in [0.717, 1.165) is 19.6 Å². The lowest BCUT2D eigenvalue weighted by Gasteiger charge is -2.31. The van der Waals surface area contributed by atoms with E-state index < -0.39 is 0 Å². The maximum absolute atomic E-state index is 3.46. The minimum Gasteiger partial charge on any atom is -0.312 e. The maximum atomic E-state index is 3.46. The molecule has 0 aromatic heterocycles. The molecule has 1 unspecified atom stereocenters. The minimum atomic E-state index is 0.632. The van der Waals surface area contributed by atoms with Crippen LogP contribution in [0, 0.1) is 0 Å². The number of hydrogen-bond acceptors (Lipinski definition) is 2. The third-order valence-electron chi connectivity index (χ3n) is 3.06. The highest BCUT2D eigenvalue weighted by molar-refractivity contribution is 5.14. The monoisotopic (exact) mass is 232 g/mol. The highest BCUT2D eigenvalue weighted by Gasteiger charge is 2.14. The molecule has 0 spiro atoms. The van der Waals surface area contributed by atoms with Gasteiger partial charge in [0.2, 0.25) is 0 Å². The molecule has 1 aliphatic heterocycles. The van der Waals surface area contributed by atoms with Gasteiger partial charge in [-0.05, 0) is 12.5 Å². The van der Waals surface area contributed by atoms with Crippen LogP contribution in [0.2, 0.25) is 0 Å². The van der Waals surface area contributed by atoms with Crippen LogP contribution < -0.4 is 5.32 Å². The van der Waals surface area contributed by atoms with E-state index in [1.165, 1.54) is 31.4 Å². The molecule has 0 amide bonds. The zero-order valence-electron chi connectivity index (χ0n) is 10.9. The molecule has 94 valence electrons. The minimum absolute atomic E-state index is 0.632. The van der Waals surface area contributed by atoms with Gasteiger partial charge in [-0.2, -0.15) is 0 Å². The molecular formula is C15H24N2. The molecule has 1 heterocycles. The van der Waals surface area contributed by atoms with Crippen LogP contribution in [-0.2, 0) is 6.54 Å². The summed E-state index contributed by atoms with van der Waals surface area (Å²) < 4.78 is 0. The predicted molar refractivity (Wildman–Crippen MR) is 73.0 cm³/mol. The topological polar surface area (TPSA) is 15.3 Å². The van der Waals surface area contributed by atoms with Crippen molar-refractivity contribution < 1.29 is 0 Å². The maximum Gasteiger partial charge on any atom is 0.0234 e. The van der Waals surface area contributed by atoms with Crippen molar-refractivity contribution in [3.63, 3.8) is 0 Å². The van der Waals surface area contributed by atoms with Crippen molar-refractivity contribution in [1.82, 2.24) is 10.2 Å². The van der Waals surface area contributed by atoms with E-state index in [-0.39, 0.29) is 0 Å². The fourth-order valence-corrected chi connectivity index (χ4v) is 2.00. The van der Waals surface area contributed by atoms with E-state index >= 15 is 0 Å². The standard InChI is InChI=1S/C12H18N2.C3H6/c1-11-9-14(8-7-13-11)10-12-5-3-2-4-6-12;1-2-3-1/h2-6,11,13H,7-10H2,1H3;1-3H2.